The molecule has 1 atom stereocenters. The molecule has 1 unspecified atom stereocenters. The van der Waals surface area contributed by atoms with Gasteiger partial charge in [0.15, 0.2) is 6.23 Å². The molecule has 0 spiro atoms. The molecule has 0 aliphatic carbocycles. The Labute approximate surface area is 181 Å². The largest absolute Gasteiger partial charge is 0.457 e. The van der Waals surface area contributed by atoms with E-state index >= 15 is 0 Å². The number of nitrogens with one attached hydrogen (secondary N) is 2. The van der Waals surface area contributed by atoms with Crippen LogP contribution in [0.1, 0.15) is 17.5 Å². The first kappa shape index (κ1) is 23.0. The van der Waals surface area contributed by atoms with Crippen LogP contribution in [0.25, 0.3) is 0 Å². The maximum atomic E-state index is 13.0. The molecule has 2 aromatic carbocycles. The maximum absolute atomic E-state index is 13.0. The molecule has 0 amide bonds. The van der Waals surface area contributed by atoms with E-state index in [9.17, 15) is 14.3 Å². The zero-order chi connectivity index (χ0) is 22.4. The van der Waals surface area contributed by atoms with Crippen LogP contribution in [0.15, 0.2) is 59.5 Å². The predicted molar refractivity (Wildman–Crippen MR) is 119 cm³/mol. The second kappa shape index (κ2) is 10.1. The highest BCUT2D eigenvalue weighted by atomic mass is 28.3. The number of nitrogens with zero attached hydrogens (tertiary/aromatic N) is 1. The third kappa shape index (κ3) is 7.18. The number of benzene rings is 2. The summed E-state index contributed by atoms with van der Waals surface area (Å²) in [6.07, 6.45) is 0.437. The molecule has 7 nitrogen and oxygen atoms in total. The van der Waals surface area contributed by atoms with Gasteiger partial charge in [0.1, 0.15) is 17.3 Å². The molecule has 166 valence electrons. The summed E-state index contributed by atoms with van der Waals surface area (Å²) in [5.41, 5.74) is 3.45. The first-order chi connectivity index (χ1) is 14.7. The molecule has 0 aliphatic rings. The number of rotatable bonds is 10. The molecule has 0 radical (unpaired) electrons. The summed E-state index contributed by atoms with van der Waals surface area (Å²) in [5.74, 6) is 0.819. The van der Waals surface area contributed by atoms with E-state index in [2.05, 4.69) is 30.1 Å². The number of hydroxylamine groups is 1. The fraction of sp³-hybridized carbons (Fsp3) is 0.318. The van der Waals surface area contributed by atoms with Gasteiger partial charge in [-0.25, -0.2) is 9.18 Å². The van der Waals surface area contributed by atoms with E-state index in [1.165, 1.54) is 16.7 Å². The molecule has 9 heteroatoms. The van der Waals surface area contributed by atoms with E-state index < -0.39 is 14.3 Å². The first-order valence-corrected chi connectivity index (χ1v) is 13.8. The minimum Gasteiger partial charge on any atom is -0.457 e. The van der Waals surface area contributed by atoms with E-state index in [0.29, 0.717) is 30.3 Å². The lowest BCUT2D eigenvalue weighted by Crippen LogP contribution is -2.27. The topological polar surface area (TPSA) is 88.5 Å². The lowest BCUT2D eigenvalue weighted by Gasteiger charge is -2.16. The number of aromatic nitrogens is 2. The van der Waals surface area contributed by atoms with E-state index in [1.807, 2.05) is 12.1 Å². The standard InChI is InChI=1S/C22H28FN3O4Si/c1-31(2,3)13-12-29-25-21(27)20-15-26(22(28)24-20)14-16-4-8-18(9-5-16)30-19-10-6-17(23)7-11-19/h4-11,15,21,25,27H,12-14H2,1-3H3,(H,24,28). The Balaban J connectivity index is 1.55. The molecule has 1 heterocycles. The van der Waals surface area contributed by atoms with Crippen molar-refractivity contribution in [3.05, 3.63) is 82.3 Å². The number of halogens is 1. The third-order valence-corrected chi connectivity index (χ3v) is 6.28. The highest BCUT2D eigenvalue weighted by Crippen LogP contribution is 2.22. The molecule has 0 fully saturated rings. The molecular weight excluding hydrogens is 417 g/mol. The van der Waals surface area contributed by atoms with E-state index in [0.717, 1.165) is 11.6 Å². The molecule has 1 aromatic heterocycles. The Kier molecular flexibility index (Phi) is 7.45. The SMILES string of the molecule is C[Si](C)(C)CCONC(O)c1cn(Cc2ccc(Oc3ccc(F)cc3)cc2)c(=O)[nH]1. The lowest BCUT2D eigenvalue weighted by molar-refractivity contribution is -0.0553. The van der Waals surface area contributed by atoms with Gasteiger partial charge in [-0.15, -0.1) is 0 Å². The highest BCUT2D eigenvalue weighted by Gasteiger charge is 2.15. The van der Waals surface area contributed by atoms with Gasteiger partial charge in [0.2, 0.25) is 0 Å². The van der Waals surface area contributed by atoms with E-state index in [-0.39, 0.29) is 11.5 Å². The normalized spacial score (nSPS) is 12.7. The number of imidazole rings is 1. The Morgan fingerprint density at radius 1 is 1.10 bits per heavy atom. The number of hydrogen-bond donors (Lipinski definition) is 3. The summed E-state index contributed by atoms with van der Waals surface area (Å²) < 4.78 is 20.1. The maximum Gasteiger partial charge on any atom is 0.326 e. The van der Waals surface area contributed by atoms with Gasteiger partial charge in [-0.05, 0) is 48.0 Å². The number of hydrogen-bond acceptors (Lipinski definition) is 5. The van der Waals surface area contributed by atoms with Crippen molar-refractivity contribution in [2.75, 3.05) is 6.61 Å². The van der Waals surface area contributed by atoms with Crippen molar-refractivity contribution in [1.29, 1.82) is 0 Å². The molecule has 0 saturated heterocycles. The molecule has 0 bridgehead atoms. The summed E-state index contributed by atoms with van der Waals surface area (Å²) in [6, 6.07) is 14.0. The fourth-order valence-corrected chi connectivity index (χ4v) is 3.48. The van der Waals surface area contributed by atoms with Crippen LogP contribution in [0.4, 0.5) is 4.39 Å². The highest BCUT2D eigenvalue weighted by molar-refractivity contribution is 6.76. The Hall–Kier alpha value is -2.72. The zero-order valence-corrected chi connectivity index (χ0v) is 18.9. The smallest absolute Gasteiger partial charge is 0.326 e. The summed E-state index contributed by atoms with van der Waals surface area (Å²) in [6.45, 7) is 7.56. The van der Waals surface area contributed by atoms with Gasteiger partial charge >= 0.3 is 5.69 Å². The molecule has 0 aliphatic heterocycles. The van der Waals surface area contributed by atoms with Gasteiger partial charge in [0.05, 0.1) is 18.8 Å². The van der Waals surface area contributed by atoms with Gasteiger partial charge < -0.3 is 14.8 Å². The number of aliphatic hydroxyl groups excluding tert-OH is 1. The van der Waals surface area contributed by atoms with Crippen LogP contribution in [0.3, 0.4) is 0 Å². The molecule has 31 heavy (non-hydrogen) atoms. The summed E-state index contributed by atoms with van der Waals surface area (Å²) in [4.78, 5) is 20.2. The van der Waals surface area contributed by atoms with Crippen LogP contribution in [-0.4, -0.2) is 29.3 Å². The Morgan fingerprint density at radius 2 is 1.71 bits per heavy atom. The quantitative estimate of drug-likeness (QED) is 0.190. The minimum atomic E-state index is -1.22. The van der Waals surface area contributed by atoms with E-state index in [1.54, 1.807) is 30.5 Å². The van der Waals surface area contributed by atoms with Gasteiger partial charge in [-0.2, -0.15) is 5.48 Å². The lowest BCUT2D eigenvalue weighted by atomic mass is 10.2. The second-order valence-corrected chi connectivity index (χ2v) is 14.1. The number of ether oxygens (including phenoxy) is 1. The van der Waals surface area contributed by atoms with Crippen LogP contribution in [0, 0.1) is 5.82 Å². The molecular formula is C22H28FN3O4Si. The van der Waals surface area contributed by atoms with Gasteiger partial charge in [-0.1, -0.05) is 31.8 Å². The average Bonchev–Trinajstić information content (AvgIpc) is 3.08. The van der Waals surface area contributed by atoms with Crippen molar-refractivity contribution in [3.8, 4) is 11.5 Å². The summed E-state index contributed by atoms with van der Waals surface area (Å²) in [5, 5.41) is 10.2. The van der Waals surface area contributed by atoms with Crippen molar-refractivity contribution in [2.24, 2.45) is 0 Å². The average molecular weight is 446 g/mol. The Morgan fingerprint density at radius 3 is 2.32 bits per heavy atom. The van der Waals surface area contributed by atoms with Crippen molar-refractivity contribution in [1.82, 2.24) is 15.0 Å². The van der Waals surface area contributed by atoms with Crippen LogP contribution in [0.2, 0.25) is 25.7 Å². The molecule has 0 saturated carbocycles. The molecule has 3 aromatic rings. The fourth-order valence-electron chi connectivity index (χ4n) is 2.77. The third-order valence-electron chi connectivity index (χ3n) is 4.58. The van der Waals surface area contributed by atoms with Crippen molar-refractivity contribution < 1.29 is 19.1 Å². The summed E-state index contributed by atoms with van der Waals surface area (Å²) >= 11 is 0. The minimum absolute atomic E-state index is 0.322. The molecule has 3 N–H and O–H groups in total. The van der Waals surface area contributed by atoms with Crippen molar-refractivity contribution in [3.63, 3.8) is 0 Å². The van der Waals surface area contributed by atoms with Gasteiger partial charge in [0, 0.05) is 14.3 Å². The van der Waals surface area contributed by atoms with Crippen LogP contribution in [0.5, 0.6) is 11.5 Å². The van der Waals surface area contributed by atoms with Crippen LogP contribution < -0.4 is 15.9 Å². The zero-order valence-electron chi connectivity index (χ0n) is 17.9. The first-order valence-electron chi connectivity index (χ1n) is 10.1. The van der Waals surface area contributed by atoms with Gasteiger partial charge in [-0.3, -0.25) is 9.40 Å². The van der Waals surface area contributed by atoms with Crippen LogP contribution in [-0.2, 0) is 11.4 Å². The van der Waals surface area contributed by atoms with Crippen molar-refractivity contribution in [2.45, 2.75) is 38.5 Å². The number of aliphatic hydroxyl groups is 1. The van der Waals surface area contributed by atoms with Gasteiger partial charge in [0.25, 0.3) is 0 Å². The number of aromatic amines is 1. The Bertz CT molecular complexity index is 1030. The monoisotopic (exact) mass is 445 g/mol. The van der Waals surface area contributed by atoms with Crippen LogP contribution >= 0.6 is 0 Å². The summed E-state index contributed by atoms with van der Waals surface area (Å²) in [7, 11) is -1.22. The van der Waals surface area contributed by atoms with E-state index in [4.69, 9.17) is 9.57 Å². The predicted octanol–water partition coefficient (Wildman–Crippen LogP) is 4.01. The molecule has 3 rings (SSSR count). The van der Waals surface area contributed by atoms with Crippen molar-refractivity contribution >= 4 is 8.07 Å². The number of H-pyrrole nitrogens is 1. The second-order valence-electron chi connectivity index (χ2n) is 8.52.